The highest BCUT2D eigenvalue weighted by molar-refractivity contribution is 5.96. The van der Waals surface area contributed by atoms with Gasteiger partial charge in [0, 0.05) is 0 Å². The van der Waals surface area contributed by atoms with Gasteiger partial charge in [-0.25, -0.2) is 0 Å². The van der Waals surface area contributed by atoms with Crippen LogP contribution in [0.1, 0.15) is 33.6 Å². The molecule has 0 aliphatic carbocycles. The first kappa shape index (κ1) is 10.2. The van der Waals surface area contributed by atoms with E-state index in [0.29, 0.717) is 6.42 Å². The number of esters is 2. The highest BCUT2D eigenvalue weighted by Gasteiger charge is 2.45. The third-order valence-electron chi connectivity index (χ3n) is 2.91. The van der Waals surface area contributed by atoms with Crippen molar-refractivity contribution in [3.63, 3.8) is 0 Å². The van der Waals surface area contributed by atoms with Crippen LogP contribution in [0.15, 0.2) is 0 Å². The summed E-state index contributed by atoms with van der Waals surface area (Å²) in [6.07, 6.45) is 1.60. The number of rotatable bonds is 3. The molecular formula is C10H16O3. The highest BCUT2D eigenvalue weighted by atomic mass is 16.6. The second kappa shape index (κ2) is 3.90. The molecule has 74 valence electrons. The molecule has 1 fully saturated rings. The standard InChI is InChI=1S/C10H16O3/c1-4-6(3)8-7(5-2)9(11)13-10(8)12/h6-8H,4-5H2,1-3H3. The SMILES string of the molecule is CCC(C)C1C(=O)OC(=O)C1CC. The summed E-state index contributed by atoms with van der Waals surface area (Å²) in [5.41, 5.74) is 0. The molecule has 1 aliphatic heterocycles. The molecule has 3 nitrogen and oxygen atoms in total. The van der Waals surface area contributed by atoms with Crippen LogP contribution in [0, 0.1) is 17.8 Å². The van der Waals surface area contributed by atoms with Gasteiger partial charge in [0.1, 0.15) is 0 Å². The van der Waals surface area contributed by atoms with Crippen LogP contribution in [0.4, 0.5) is 0 Å². The summed E-state index contributed by atoms with van der Waals surface area (Å²) in [4.78, 5) is 22.5. The normalized spacial score (nSPS) is 30.4. The smallest absolute Gasteiger partial charge is 0.317 e. The van der Waals surface area contributed by atoms with E-state index in [0.717, 1.165) is 6.42 Å². The topological polar surface area (TPSA) is 43.4 Å². The van der Waals surface area contributed by atoms with Gasteiger partial charge in [0.15, 0.2) is 0 Å². The lowest BCUT2D eigenvalue weighted by Crippen LogP contribution is -2.23. The van der Waals surface area contributed by atoms with Crippen LogP contribution in [-0.4, -0.2) is 11.9 Å². The predicted molar refractivity (Wildman–Crippen MR) is 47.8 cm³/mol. The van der Waals surface area contributed by atoms with Crippen LogP contribution in [0.3, 0.4) is 0 Å². The van der Waals surface area contributed by atoms with Crippen LogP contribution in [0.2, 0.25) is 0 Å². The minimum Gasteiger partial charge on any atom is -0.393 e. The van der Waals surface area contributed by atoms with E-state index in [2.05, 4.69) is 4.74 Å². The Hall–Kier alpha value is -0.860. The van der Waals surface area contributed by atoms with E-state index in [-0.39, 0.29) is 29.7 Å². The van der Waals surface area contributed by atoms with Crippen LogP contribution in [0.25, 0.3) is 0 Å². The van der Waals surface area contributed by atoms with Gasteiger partial charge in [-0.1, -0.05) is 27.2 Å². The van der Waals surface area contributed by atoms with Crippen molar-refractivity contribution in [2.45, 2.75) is 33.6 Å². The first-order valence-electron chi connectivity index (χ1n) is 4.87. The van der Waals surface area contributed by atoms with Crippen LogP contribution >= 0.6 is 0 Å². The Morgan fingerprint density at radius 2 is 1.92 bits per heavy atom. The number of hydrogen-bond donors (Lipinski definition) is 0. The summed E-state index contributed by atoms with van der Waals surface area (Å²) >= 11 is 0. The van der Waals surface area contributed by atoms with Gasteiger partial charge in [-0.05, 0) is 12.3 Å². The van der Waals surface area contributed by atoms with Crippen molar-refractivity contribution in [1.82, 2.24) is 0 Å². The largest absolute Gasteiger partial charge is 0.393 e. The Balaban J connectivity index is 2.80. The molecule has 13 heavy (non-hydrogen) atoms. The molecule has 0 radical (unpaired) electrons. The van der Waals surface area contributed by atoms with Gasteiger partial charge in [0.2, 0.25) is 0 Å². The molecule has 0 amide bonds. The second-order valence-corrected chi connectivity index (χ2v) is 3.67. The van der Waals surface area contributed by atoms with Crippen molar-refractivity contribution in [1.29, 1.82) is 0 Å². The third kappa shape index (κ3) is 1.74. The van der Waals surface area contributed by atoms with E-state index in [1.54, 1.807) is 0 Å². The fraction of sp³-hybridized carbons (Fsp3) is 0.800. The van der Waals surface area contributed by atoms with Crippen molar-refractivity contribution >= 4 is 11.9 Å². The maximum absolute atomic E-state index is 11.3. The molecule has 1 rings (SSSR count). The third-order valence-corrected chi connectivity index (χ3v) is 2.91. The molecule has 0 saturated carbocycles. The van der Waals surface area contributed by atoms with Gasteiger partial charge >= 0.3 is 11.9 Å². The zero-order valence-electron chi connectivity index (χ0n) is 8.37. The molecule has 0 aromatic heterocycles. The first-order valence-corrected chi connectivity index (χ1v) is 4.87. The lowest BCUT2D eigenvalue weighted by atomic mass is 9.81. The Morgan fingerprint density at radius 3 is 2.38 bits per heavy atom. The van der Waals surface area contributed by atoms with E-state index in [1.165, 1.54) is 0 Å². The number of carbonyl (C=O) groups excluding carboxylic acids is 2. The molecule has 3 atom stereocenters. The molecule has 0 bridgehead atoms. The Morgan fingerprint density at radius 1 is 1.31 bits per heavy atom. The van der Waals surface area contributed by atoms with Crippen LogP contribution < -0.4 is 0 Å². The molecular weight excluding hydrogens is 168 g/mol. The molecule has 0 spiro atoms. The van der Waals surface area contributed by atoms with Crippen molar-refractivity contribution in [2.75, 3.05) is 0 Å². The lowest BCUT2D eigenvalue weighted by Gasteiger charge is -2.17. The number of carbonyl (C=O) groups is 2. The van der Waals surface area contributed by atoms with Crippen molar-refractivity contribution in [2.24, 2.45) is 17.8 Å². The van der Waals surface area contributed by atoms with Gasteiger partial charge in [0.25, 0.3) is 0 Å². The number of hydrogen-bond acceptors (Lipinski definition) is 3. The summed E-state index contributed by atoms with van der Waals surface area (Å²) in [5, 5.41) is 0. The summed E-state index contributed by atoms with van der Waals surface area (Å²) in [6, 6.07) is 0. The van der Waals surface area contributed by atoms with Crippen LogP contribution in [-0.2, 0) is 14.3 Å². The van der Waals surface area contributed by atoms with Gasteiger partial charge in [-0.15, -0.1) is 0 Å². The van der Waals surface area contributed by atoms with Gasteiger partial charge in [0.05, 0.1) is 11.8 Å². The number of ether oxygens (including phenoxy) is 1. The van der Waals surface area contributed by atoms with E-state index in [4.69, 9.17) is 0 Å². The van der Waals surface area contributed by atoms with Crippen molar-refractivity contribution in [3.8, 4) is 0 Å². The Bertz CT molecular complexity index is 222. The fourth-order valence-corrected chi connectivity index (χ4v) is 1.86. The zero-order chi connectivity index (χ0) is 10.0. The van der Waals surface area contributed by atoms with E-state index in [1.807, 2.05) is 20.8 Å². The van der Waals surface area contributed by atoms with Crippen molar-refractivity contribution in [3.05, 3.63) is 0 Å². The van der Waals surface area contributed by atoms with Crippen LogP contribution in [0.5, 0.6) is 0 Å². The summed E-state index contributed by atoms with van der Waals surface area (Å²) in [6.45, 7) is 5.93. The molecule has 1 aliphatic rings. The van der Waals surface area contributed by atoms with E-state index >= 15 is 0 Å². The average molecular weight is 184 g/mol. The summed E-state index contributed by atoms with van der Waals surface area (Å²) in [5.74, 6) is -0.835. The predicted octanol–water partition coefficient (Wildman–Crippen LogP) is 1.76. The molecule has 0 N–H and O–H groups in total. The molecule has 1 heterocycles. The first-order chi connectivity index (χ1) is 6.11. The Labute approximate surface area is 78.5 Å². The fourth-order valence-electron chi connectivity index (χ4n) is 1.86. The lowest BCUT2D eigenvalue weighted by molar-refractivity contribution is -0.154. The highest BCUT2D eigenvalue weighted by Crippen LogP contribution is 2.33. The molecule has 3 unspecified atom stereocenters. The van der Waals surface area contributed by atoms with Gasteiger partial charge in [-0.2, -0.15) is 0 Å². The number of cyclic esters (lactones) is 2. The quantitative estimate of drug-likeness (QED) is 0.496. The van der Waals surface area contributed by atoms with Gasteiger partial charge in [-0.3, -0.25) is 9.59 Å². The summed E-state index contributed by atoms with van der Waals surface area (Å²) < 4.78 is 4.62. The van der Waals surface area contributed by atoms with E-state index in [9.17, 15) is 9.59 Å². The van der Waals surface area contributed by atoms with Gasteiger partial charge < -0.3 is 4.74 Å². The molecule has 1 saturated heterocycles. The molecule has 0 aromatic rings. The minimum atomic E-state index is -0.335. The molecule has 0 aromatic carbocycles. The maximum atomic E-state index is 11.3. The monoisotopic (exact) mass is 184 g/mol. The average Bonchev–Trinajstić information content (AvgIpc) is 2.39. The minimum absolute atomic E-state index is 0.206. The van der Waals surface area contributed by atoms with Crippen molar-refractivity contribution < 1.29 is 14.3 Å². The second-order valence-electron chi connectivity index (χ2n) is 3.67. The van der Waals surface area contributed by atoms with E-state index < -0.39 is 0 Å². The maximum Gasteiger partial charge on any atom is 0.317 e. The molecule has 3 heteroatoms. The zero-order valence-corrected chi connectivity index (χ0v) is 8.37. The summed E-state index contributed by atoms with van der Waals surface area (Å²) in [7, 11) is 0. The Kier molecular flexibility index (Phi) is 3.07.